The number of nitrogens with two attached hydrogens (primary N) is 1. The first kappa shape index (κ1) is 13.1. The van der Waals surface area contributed by atoms with E-state index in [0.717, 1.165) is 6.07 Å². The van der Waals surface area contributed by atoms with Gasteiger partial charge >= 0.3 is 6.18 Å². The van der Waals surface area contributed by atoms with Gasteiger partial charge in [-0.25, -0.2) is 0 Å². The Morgan fingerprint density at radius 3 is 2.47 bits per heavy atom. The summed E-state index contributed by atoms with van der Waals surface area (Å²) in [4.78, 5) is 0. The van der Waals surface area contributed by atoms with Crippen LogP contribution in [0.2, 0.25) is 0 Å². The summed E-state index contributed by atoms with van der Waals surface area (Å²) in [7, 11) is 1.32. The Morgan fingerprint density at radius 1 is 1.16 bits per heavy atom. The van der Waals surface area contributed by atoms with E-state index in [9.17, 15) is 13.2 Å². The van der Waals surface area contributed by atoms with Crippen LogP contribution in [0.3, 0.4) is 0 Å². The standard InChI is InChI=1S/C12H10F3N3O/c1-19-11-10(16)8(6-17-18-11)7-4-2-3-5-9(7)12(13,14)15/h2-6H,1H3,(H2,16,17). The van der Waals surface area contributed by atoms with E-state index in [1.165, 1.54) is 31.5 Å². The van der Waals surface area contributed by atoms with Crippen LogP contribution in [0.25, 0.3) is 11.1 Å². The van der Waals surface area contributed by atoms with Crippen LogP contribution in [0.1, 0.15) is 5.56 Å². The molecule has 2 rings (SSSR count). The molecule has 0 radical (unpaired) electrons. The second-order valence-electron chi connectivity index (χ2n) is 3.72. The van der Waals surface area contributed by atoms with E-state index >= 15 is 0 Å². The first-order valence-electron chi connectivity index (χ1n) is 5.27. The van der Waals surface area contributed by atoms with Crippen LogP contribution in [0.5, 0.6) is 5.88 Å². The molecule has 1 aromatic carbocycles. The van der Waals surface area contributed by atoms with Gasteiger partial charge in [-0.1, -0.05) is 18.2 Å². The zero-order chi connectivity index (χ0) is 14.0. The molecule has 2 aromatic rings. The Labute approximate surface area is 107 Å². The minimum Gasteiger partial charge on any atom is -0.478 e. The van der Waals surface area contributed by atoms with Gasteiger partial charge < -0.3 is 10.5 Å². The van der Waals surface area contributed by atoms with Gasteiger partial charge in [-0.15, -0.1) is 5.10 Å². The van der Waals surface area contributed by atoms with Crippen molar-refractivity contribution in [3.63, 3.8) is 0 Å². The number of rotatable bonds is 2. The zero-order valence-electron chi connectivity index (χ0n) is 9.90. The van der Waals surface area contributed by atoms with Crippen LogP contribution in [0.4, 0.5) is 18.9 Å². The number of benzene rings is 1. The Hall–Kier alpha value is -2.31. The fourth-order valence-corrected chi connectivity index (χ4v) is 1.71. The first-order valence-corrected chi connectivity index (χ1v) is 5.27. The minimum atomic E-state index is -4.47. The molecule has 0 fully saturated rings. The fraction of sp³-hybridized carbons (Fsp3) is 0.167. The number of alkyl halides is 3. The molecule has 0 bridgehead atoms. The molecule has 100 valence electrons. The molecule has 0 aliphatic rings. The molecular formula is C12H10F3N3O. The van der Waals surface area contributed by atoms with E-state index in [2.05, 4.69) is 10.2 Å². The Balaban J connectivity index is 2.67. The van der Waals surface area contributed by atoms with E-state index in [1.807, 2.05) is 0 Å². The number of anilines is 1. The minimum absolute atomic E-state index is 0.00511. The summed E-state index contributed by atoms with van der Waals surface area (Å²) in [6.07, 6.45) is -3.29. The summed E-state index contributed by atoms with van der Waals surface area (Å²) in [6, 6.07) is 5.13. The van der Waals surface area contributed by atoms with E-state index in [-0.39, 0.29) is 22.7 Å². The zero-order valence-corrected chi connectivity index (χ0v) is 9.90. The van der Waals surface area contributed by atoms with Gasteiger partial charge in [0.2, 0.25) is 0 Å². The third-order valence-corrected chi connectivity index (χ3v) is 2.57. The summed E-state index contributed by atoms with van der Waals surface area (Å²) in [6.45, 7) is 0. The first-order chi connectivity index (χ1) is 8.95. The quantitative estimate of drug-likeness (QED) is 0.910. The van der Waals surface area contributed by atoms with Gasteiger partial charge in [0.1, 0.15) is 5.69 Å². The summed E-state index contributed by atoms with van der Waals surface area (Å²) in [5.74, 6) is -0.00511. The number of ether oxygens (including phenoxy) is 1. The van der Waals surface area contributed by atoms with Gasteiger partial charge in [0.25, 0.3) is 5.88 Å². The Bertz CT molecular complexity index is 599. The number of halogens is 3. The summed E-state index contributed by atoms with van der Waals surface area (Å²) < 4.78 is 43.7. The molecule has 0 saturated heterocycles. The highest BCUT2D eigenvalue weighted by molar-refractivity contribution is 5.80. The maximum Gasteiger partial charge on any atom is 0.417 e. The molecule has 2 N–H and O–H groups in total. The highest BCUT2D eigenvalue weighted by Crippen LogP contribution is 2.39. The topological polar surface area (TPSA) is 61.0 Å². The van der Waals surface area contributed by atoms with Crippen molar-refractivity contribution in [2.75, 3.05) is 12.8 Å². The number of methoxy groups -OCH3 is 1. The van der Waals surface area contributed by atoms with Crippen molar-refractivity contribution in [1.29, 1.82) is 0 Å². The van der Waals surface area contributed by atoms with E-state index in [4.69, 9.17) is 10.5 Å². The van der Waals surface area contributed by atoms with Gasteiger partial charge in [0, 0.05) is 5.56 Å². The van der Waals surface area contributed by atoms with Crippen molar-refractivity contribution in [2.45, 2.75) is 6.18 Å². The van der Waals surface area contributed by atoms with Crippen LogP contribution in [0, 0.1) is 0 Å². The highest BCUT2D eigenvalue weighted by Gasteiger charge is 2.34. The van der Waals surface area contributed by atoms with Gasteiger partial charge in [-0.2, -0.15) is 18.3 Å². The lowest BCUT2D eigenvalue weighted by molar-refractivity contribution is -0.137. The number of nitrogens with zero attached hydrogens (tertiary/aromatic N) is 2. The van der Waals surface area contributed by atoms with E-state index in [0.29, 0.717) is 0 Å². The van der Waals surface area contributed by atoms with Crippen LogP contribution in [-0.4, -0.2) is 17.3 Å². The molecule has 0 unspecified atom stereocenters. The van der Waals surface area contributed by atoms with Crippen LogP contribution in [-0.2, 0) is 6.18 Å². The Kier molecular flexibility index (Phi) is 3.28. The maximum absolute atomic E-state index is 12.9. The van der Waals surface area contributed by atoms with Gasteiger partial charge in [-0.3, -0.25) is 0 Å². The molecule has 0 amide bonds. The molecule has 0 atom stereocenters. The normalized spacial score (nSPS) is 11.4. The highest BCUT2D eigenvalue weighted by atomic mass is 19.4. The van der Waals surface area contributed by atoms with Crippen molar-refractivity contribution in [3.05, 3.63) is 36.0 Å². The molecule has 7 heteroatoms. The predicted octanol–water partition coefficient (Wildman–Crippen LogP) is 2.75. The molecule has 1 heterocycles. The second-order valence-corrected chi connectivity index (χ2v) is 3.72. The summed E-state index contributed by atoms with van der Waals surface area (Å²) in [5.41, 5.74) is 5.07. The molecule has 0 saturated carbocycles. The van der Waals surface area contributed by atoms with Crippen LogP contribution < -0.4 is 10.5 Å². The molecule has 0 spiro atoms. The predicted molar refractivity (Wildman–Crippen MR) is 63.4 cm³/mol. The van der Waals surface area contributed by atoms with Crippen molar-refractivity contribution in [1.82, 2.24) is 10.2 Å². The molecular weight excluding hydrogens is 259 g/mol. The van der Waals surface area contributed by atoms with Crippen LogP contribution >= 0.6 is 0 Å². The number of hydrogen-bond donors (Lipinski definition) is 1. The lowest BCUT2D eigenvalue weighted by atomic mass is 10.00. The Morgan fingerprint density at radius 2 is 1.84 bits per heavy atom. The van der Waals surface area contributed by atoms with E-state index in [1.54, 1.807) is 0 Å². The van der Waals surface area contributed by atoms with E-state index < -0.39 is 11.7 Å². The van der Waals surface area contributed by atoms with Gasteiger partial charge in [0.15, 0.2) is 0 Å². The SMILES string of the molecule is COc1nncc(-c2ccccc2C(F)(F)F)c1N. The third kappa shape index (κ3) is 2.44. The summed E-state index contributed by atoms with van der Waals surface area (Å²) in [5, 5.41) is 7.19. The molecule has 19 heavy (non-hydrogen) atoms. The van der Waals surface area contributed by atoms with Crippen molar-refractivity contribution in [2.24, 2.45) is 0 Å². The average molecular weight is 269 g/mol. The molecule has 0 aliphatic carbocycles. The van der Waals surface area contributed by atoms with Crippen molar-refractivity contribution < 1.29 is 17.9 Å². The van der Waals surface area contributed by atoms with Gasteiger partial charge in [-0.05, 0) is 11.6 Å². The second kappa shape index (κ2) is 4.75. The molecule has 4 nitrogen and oxygen atoms in total. The fourth-order valence-electron chi connectivity index (χ4n) is 1.71. The lowest BCUT2D eigenvalue weighted by Gasteiger charge is -2.14. The monoisotopic (exact) mass is 269 g/mol. The van der Waals surface area contributed by atoms with Gasteiger partial charge in [0.05, 0.1) is 18.9 Å². The molecule has 1 aromatic heterocycles. The maximum atomic E-state index is 12.9. The number of hydrogen-bond acceptors (Lipinski definition) is 4. The average Bonchev–Trinajstić information content (AvgIpc) is 2.38. The van der Waals surface area contributed by atoms with Crippen LogP contribution in [0.15, 0.2) is 30.5 Å². The number of aromatic nitrogens is 2. The third-order valence-electron chi connectivity index (χ3n) is 2.57. The molecule has 0 aliphatic heterocycles. The summed E-state index contributed by atoms with van der Waals surface area (Å²) >= 11 is 0. The lowest BCUT2D eigenvalue weighted by Crippen LogP contribution is -2.08. The largest absolute Gasteiger partial charge is 0.478 e. The van der Waals surface area contributed by atoms with Crippen molar-refractivity contribution >= 4 is 5.69 Å². The number of nitrogen functional groups attached to an aromatic ring is 1. The van der Waals surface area contributed by atoms with Crippen molar-refractivity contribution in [3.8, 4) is 17.0 Å². The smallest absolute Gasteiger partial charge is 0.417 e.